The third-order valence-electron chi connectivity index (χ3n) is 0.737. The molecule has 0 aliphatic rings. The summed E-state index contributed by atoms with van der Waals surface area (Å²) in [5, 5.41) is 0. The molecule has 0 aromatic rings. The molecule has 2 heteroatoms. The van der Waals surface area contributed by atoms with Gasteiger partial charge in [0, 0.05) is 0 Å². The summed E-state index contributed by atoms with van der Waals surface area (Å²) in [6, 6.07) is 0. The fraction of sp³-hybridized carbons (Fsp3) is 0.857. The van der Waals surface area contributed by atoms with Gasteiger partial charge in [0.15, 0.2) is 0 Å². The lowest BCUT2D eigenvalue weighted by Gasteiger charge is -1.84. The predicted molar refractivity (Wildman–Crippen MR) is 37.2 cm³/mol. The summed E-state index contributed by atoms with van der Waals surface area (Å²) in [5.41, 5.74) is 0. The number of carbonyl (C=O) groups is 1. The van der Waals surface area contributed by atoms with E-state index in [1.165, 1.54) is 6.92 Å². The van der Waals surface area contributed by atoms with Crippen LogP contribution in [0.25, 0.3) is 0 Å². The molecule has 0 fully saturated rings. The smallest absolute Gasteiger partial charge is 0.116 e. The summed E-state index contributed by atoms with van der Waals surface area (Å²) in [5.74, 6) is 0. The van der Waals surface area contributed by atoms with Gasteiger partial charge in [0.05, 0.1) is 6.67 Å². The molecular formula is C7H15FO. The molecule has 0 amide bonds. The van der Waals surface area contributed by atoms with Crippen LogP contribution in [0, 0.1) is 0 Å². The van der Waals surface area contributed by atoms with Crippen LogP contribution in [-0.2, 0) is 4.79 Å². The highest BCUT2D eigenvalue weighted by atomic mass is 19.1. The minimum Gasteiger partial charge on any atom is -0.304 e. The van der Waals surface area contributed by atoms with Crippen molar-refractivity contribution in [1.29, 1.82) is 0 Å². The van der Waals surface area contributed by atoms with Crippen LogP contribution >= 0.6 is 0 Å². The van der Waals surface area contributed by atoms with Crippen LogP contribution in [0.15, 0.2) is 0 Å². The molecule has 0 aromatic heterocycles. The van der Waals surface area contributed by atoms with E-state index >= 15 is 0 Å². The molecule has 0 aliphatic carbocycles. The van der Waals surface area contributed by atoms with Gasteiger partial charge in [0.1, 0.15) is 6.29 Å². The molecule has 0 heterocycles. The van der Waals surface area contributed by atoms with Crippen LogP contribution in [-0.4, -0.2) is 13.0 Å². The van der Waals surface area contributed by atoms with Crippen molar-refractivity contribution in [3.63, 3.8) is 0 Å². The number of hydrogen-bond acceptors (Lipinski definition) is 1. The number of alkyl halides is 1. The van der Waals surface area contributed by atoms with E-state index in [1.807, 2.05) is 0 Å². The van der Waals surface area contributed by atoms with E-state index in [0.29, 0.717) is 0 Å². The first-order valence-corrected chi connectivity index (χ1v) is 3.29. The Bertz CT molecular complexity index is 42.2. The van der Waals surface area contributed by atoms with Crippen LogP contribution in [0.2, 0.25) is 0 Å². The lowest BCUT2D eigenvalue weighted by molar-refractivity contribution is -0.106. The number of halogens is 1. The van der Waals surface area contributed by atoms with E-state index in [4.69, 9.17) is 4.79 Å². The first kappa shape index (κ1) is 11.4. The van der Waals surface area contributed by atoms with Crippen molar-refractivity contribution in [2.45, 2.75) is 33.1 Å². The Balaban J connectivity index is 0. The van der Waals surface area contributed by atoms with Gasteiger partial charge in [-0.3, -0.25) is 4.39 Å². The molecule has 0 N–H and O–H groups in total. The number of carbonyl (C=O) groups excluding carboxylic acids is 1. The summed E-state index contributed by atoms with van der Waals surface area (Å²) < 4.78 is 11.2. The van der Waals surface area contributed by atoms with Crippen molar-refractivity contribution in [1.82, 2.24) is 0 Å². The van der Waals surface area contributed by atoms with Gasteiger partial charge in [-0.25, -0.2) is 0 Å². The van der Waals surface area contributed by atoms with Gasteiger partial charge in [-0.2, -0.15) is 0 Å². The van der Waals surface area contributed by atoms with E-state index in [1.54, 1.807) is 0 Å². The Labute approximate surface area is 56.3 Å². The Kier molecular flexibility index (Phi) is 19.8. The molecule has 1 nitrogen and oxygen atoms in total. The molecule has 0 saturated heterocycles. The highest BCUT2D eigenvalue weighted by molar-refractivity contribution is 5.44. The maximum Gasteiger partial charge on any atom is 0.116 e. The predicted octanol–water partition coefficient (Wildman–Crippen LogP) is 2.35. The zero-order valence-electron chi connectivity index (χ0n) is 6.19. The van der Waals surface area contributed by atoms with Crippen molar-refractivity contribution in [2.24, 2.45) is 0 Å². The van der Waals surface area contributed by atoms with Crippen LogP contribution in [0.1, 0.15) is 33.1 Å². The van der Waals surface area contributed by atoms with E-state index in [2.05, 4.69) is 6.92 Å². The largest absolute Gasteiger partial charge is 0.304 e. The zero-order valence-corrected chi connectivity index (χ0v) is 6.19. The van der Waals surface area contributed by atoms with Crippen molar-refractivity contribution < 1.29 is 9.18 Å². The Morgan fingerprint density at radius 2 is 1.89 bits per heavy atom. The molecule has 0 bridgehead atoms. The summed E-state index contributed by atoms with van der Waals surface area (Å²) in [6.45, 7) is 3.36. The Hall–Kier alpha value is -0.400. The quantitative estimate of drug-likeness (QED) is 0.427. The minimum absolute atomic E-state index is 0.145. The molecule has 0 aliphatic heterocycles. The first-order valence-electron chi connectivity index (χ1n) is 3.29. The highest BCUT2D eigenvalue weighted by Gasteiger charge is 1.78. The summed E-state index contributed by atoms with van der Waals surface area (Å²) >= 11 is 0. The Morgan fingerprint density at radius 1 is 1.44 bits per heavy atom. The molecule has 0 radical (unpaired) electrons. The van der Waals surface area contributed by atoms with Gasteiger partial charge in [-0.1, -0.05) is 19.8 Å². The van der Waals surface area contributed by atoms with E-state index < -0.39 is 0 Å². The molecule has 0 unspecified atom stereocenters. The fourth-order valence-corrected chi connectivity index (χ4v) is 0.344. The molecule has 56 valence electrons. The van der Waals surface area contributed by atoms with E-state index in [9.17, 15) is 4.39 Å². The third kappa shape index (κ3) is 35.3. The highest BCUT2D eigenvalue weighted by Crippen LogP contribution is 1.91. The van der Waals surface area contributed by atoms with Crippen molar-refractivity contribution in [3.05, 3.63) is 0 Å². The number of rotatable bonds is 3. The van der Waals surface area contributed by atoms with Crippen molar-refractivity contribution >= 4 is 6.29 Å². The molecule has 0 rings (SSSR count). The standard InChI is InChI=1S/C5H11F.C2H4O/c1-2-3-4-5-6;1-2-3/h2-5H2,1H3;2H,1H3. The first-order chi connectivity index (χ1) is 4.33. The second kappa shape index (κ2) is 15.6. The molecule has 0 atom stereocenters. The van der Waals surface area contributed by atoms with Crippen LogP contribution in [0.3, 0.4) is 0 Å². The average molecular weight is 134 g/mol. The second-order valence-corrected chi connectivity index (χ2v) is 1.63. The van der Waals surface area contributed by atoms with E-state index in [-0.39, 0.29) is 6.67 Å². The zero-order chi connectivity index (χ0) is 7.54. The molecule has 0 aromatic carbocycles. The summed E-state index contributed by atoms with van der Waals surface area (Å²) in [6.07, 6.45) is 3.65. The SMILES string of the molecule is CC=O.CCCCCF. The maximum absolute atomic E-state index is 11.2. The monoisotopic (exact) mass is 134 g/mol. The molecular weight excluding hydrogens is 119 g/mol. The lowest BCUT2D eigenvalue weighted by atomic mass is 10.3. The number of aldehydes is 1. The van der Waals surface area contributed by atoms with E-state index in [0.717, 1.165) is 25.5 Å². The van der Waals surface area contributed by atoms with Crippen LogP contribution in [0.5, 0.6) is 0 Å². The topological polar surface area (TPSA) is 17.1 Å². The van der Waals surface area contributed by atoms with Crippen LogP contribution < -0.4 is 0 Å². The molecule has 9 heavy (non-hydrogen) atoms. The van der Waals surface area contributed by atoms with Gasteiger partial charge >= 0.3 is 0 Å². The van der Waals surface area contributed by atoms with Crippen LogP contribution in [0.4, 0.5) is 4.39 Å². The minimum atomic E-state index is -0.145. The van der Waals surface area contributed by atoms with Crippen molar-refractivity contribution in [3.8, 4) is 0 Å². The van der Waals surface area contributed by atoms with Gasteiger partial charge in [-0.15, -0.1) is 0 Å². The molecule has 0 spiro atoms. The number of unbranched alkanes of at least 4 members (excludes halogenated alkanes) is 2. The average Bonchev–Trinajstić information content (AvgIpc) is 1.86. The maximum atomic E-state index is 11.2. The summed E-state index contributed by atoms with van der Waals surface area (Å²) in [4.78, 5) is 8.81. The number of hydrogen-bond donors (Lipinski definition) is 0. The van der Waals surface area contributed by atoms with Gasteiger partial charge in [0.25, 0.3) is 0 Å². The molecule has 0 saturated carbocycles. The summed E-state index contributed by atoms with van der Waals surface area (Å²) in [7, 11) is 0. The van der Waals surface area contributed by atoms with Gasteiger partial charge in [0.2, 0.25) is 0 Å². The fourth-order valence-electron chi connectivity index (χ4n) is 0.344. The second-order valence-electron chi connectivity index (χ2n) is 1.63. The van der Waals surface area contributed by atoms with Gasteiger partial charge in [-0.05, 0) is 13.3 Å². The van der Waals surface area contributed by atoms with Crippen molar-refractivity contribution in [2.75, 3.05) is 6.67 Å². The van der Waals surface area contributed by atoms with Gasteiger partial charge < -0.3 is 4.79 Å². The lowest BCUT2D eigenvalue weighted by Crippen LogP contribution is -1.72. The third-order valence-corrected chi connectivity index (χ3v) is 0.737. The Morgan fingerprint density at radius 3 is 2.00 bits per heavy atom. The normalized spacial score (nSPS) is 7.44.